The average molecular weight is 670 g/mol. The molecule has 1 atom stereocenters. The van der Waals surface area contributed by atoms with Crippen molar-refractivity contribution in [3.8, 4) is 0 Å². The second-order valence-corrected chi connectivity index (χ2v) is 10.9. The molecule has 2 aromatic carbocycles. The first-order valence-electron chi connectivity index (χ1n) is 10.2. The number of alkyl halides is 9. The van der Waals surface area contributed by atoms with Crippen LogP contribution in [0, 0.1) is 0 Å². The van der Waals surface area contributed by atoms with Crippen molar-refractivity contribution in [3.05, 3.63) is 73.7 Å². The van der Waals surface area contributed by atoms with Gasteiger partial charge in [0.2, 0.25) is 10.0 Å². The number of hydrogen-bond acceptors (Lipinski definition) is 3. The van der Waals surface area contributed by atoms with Gasteiger partial charge in [-0.15, -0.1) is 4.83 Å². The second kappa shape index (κ2) is 12.3. The Morgan fingerprint density at radius 3 is 1.95 bits per heavy atom. The van der Waals surface area contributed by atoms with Gasteiger partial charge in [0.05, 0.1) is 38.4 Å². The summed E-state index contributed by atoms with van der Waals surface area (Å²) in [6, 6.07) is 2.24. The average Bonchev–Trinajstić information content (AvgIpc) is 2.80. The van der Waals surface area contributed by atoms with Gasteiger partial charge < -0.3 is 0 Å². The van der Waals surface area contributed by atoms with Crippen LogP contribution in [0.3, 0.4) is 0 Å². The minimum absolute atomic E-state index is 0.0197. The van der Waals surface area contributed by atoms with Gasteiger partial charge in [0.25, 0.3) is 5.91 Å². The Labute approximate surface area is 234 Å². The number of carbonyl (C=O) groups excluding carboxylic acids is 1. The Morgan fingerprint density at radius 1 is 0.925 bits per heavy atom. The normalized spacial score (nSPS) is 14.3. The third kappa shape index (κ3) is 9.39. The molecule has 222 valence electrons. The Kier molecular flexibility index (Phi) is 10.4. The third-order valence-electron chi connectivity index (χ3n) is 4.85. The highest BCUT2D eigenvalue weighted by Crippen LogP contribution is 2.42. The molecule has 0 radical (unpaired) electrons. The van der Waals surface area contributed by atoms with Crippen LogP contribution in [0.1, 0.15) is 39.4 Å². The Hall–Kier alpha value is -2.27. The van der Waals surface area contributed by atoms with Crippen LogP contribution in [0.2, 0.25) is 15.1 Å². The van der Waals surface area contributed by atoms with E-state index in [-0.39, 0.29) is 17.2 Å². The second-order valence-electron chi connectivity index (χ2n) is 7.83. The lowest BCUT2D eigenvalue weighted by atomic mass is 9.95. The molecular weight excluding hydrogens is 657 g/mol. The van der Waals surface area contributed by atoms with Crippen molar-refractivity contribution in [2.75, 3.05) is 5.75 Å². The minimum Gasteiger partial charge on any atom is -0.274 e. The van der Waals surface area contributed by atoms with E-state index in [1.54, 1.807) is 0 Å². The molecule has 40 heavy (non-hydrogen) atoms. The minimum atomic E-state index is -5.42. The van der Waals surface area contributed by atoms with Crippen molar-refractivity contribution in [2.45, 2.75) is 30.9 Å². The maximum atomic E-state index is 14.9. The van der Waals surface area contributed by atoms with Gasteiger partial charge in [0.1, 0.15) is 11.7 Å². The summed E-state index contributed by atoms with van der Waals surface area (Å²) in [5.41, 5.74) is -3.70. The van der Waals surface area contributed by atoms with Crippen LogP contribution < -0.4 is 10.3 Å². The number of hydrogen-bond donors (Lipinski definition) is 2. The molecule has 5 nitrogen and oxygen atoms in total. The van der Waals surface area contributed by atoms with Gasteiger partial charge >= 0.3 is 18.5 Å². The number of halogens is 13. The summed E-state index contributed by atoms with van der Waals surface area (Å²) < 4.78 is 157. The standard InChI is InChI=1S/C21H13Cl3F10N2O3S/c22-14-6-10(7-15(23)17(14)24)12(20(29,30)31)8-16(25)9-1-2-11(13(5-9)21(32,33)34)18(37)35-36-40(38,39)4-3-19(26,27)28/h1-2,5-8,12,36H,3-4H2,(H,35,37)/b16-8-. The molecule has 1 unspecified atom stereocenters. The summed E-state index contributed by atoms with van der Waals surface area (Å²) in [4.78, 5) is 13.4. The number of hydrazine groups is 1. The van der Waals surface area contributed by atoms with E-state index in [1.165, 1.54) is 10.3 Å². The molecule has 0 heterocycles. The van der Waals surface area contributed by atoms with E-state index in [4.69, 9.17) is 34.8 Å². The van der Waals surface area contributed by atoms with E-state index in [1.807, 2.05) is 0 Å². The summed E-state index contributed by atoms with van der Waals surface area (Å²) in [6.07, 6.45) is -17.4. The maximum absolute atomic E-state index is 14.9. The molecule has 2 N–H and O–H groups in total. The van der Waals surface area contributed by atoms with Crippen molar-refractivity contribution in [3.63, 3.8) is 0 Å². The summed E-state index contributed by atoms with van der Waals surface area (Å²) in [5.74, 6) is -7.95. The van der Waals surface area contributed by atoms with Gasteiger partial charge in [-0.25, -0.2) is 12.8 Å². The lowest BCUT2D eigenvalue weighted by Crippen LogP contribution is -2.43. The van der Waals surface area contributed by atoms with E-state index in [9.17, 15) is 57.1 Å². The number of sulfonamides is 1. The Morgan fingerprint density at radius 2 is 1.48 bits per heavy atom. The number of amides is 1. The largest absolute Gasteiger partial charge is 0.417 e. The number of benzene rings is 2. The van der Waals surface area contributed by atoms with Gasteiger partial charge in [-0.1, -0.05) is 40.9 Å². The summed E-state index contributed by atoms with van der Waals surface area (Å²) in [5, 5.41) is -1.14. The third-order valence-corrected chi connectivity index (χ3v) is 7.20. The van der Waals surface area contributed by atoms with E-state index in [2.05, 4.69) is 0 Å². The topological polar surface area (TPSA) is 75.3 Å². The SMILES string of the molecule is O=C(NNS(=O)(=O)CCC(F)(F)F)c1ccc(/C(F)=C/C(c2cc(Cl)c(Cl)c(Cl)c2)C(F)(F)F)cc1C(F)(F)F. The van der Waals surface area contributed by atoms with Crippen LogP contribution >= 0.6 is 34.8 Å². The zero-order chi connectivity index (χ0) is 30.8. The molecule has 19 heteroatoms. The van der Waals surface area contributed by atoms with Gasteiger partial charge in [0.15, 0.2) is 0 Å². The highest BCUT2D eigenvalue weighted by Gasteiger charge is 2.41. The maximum Gasteiger partial charge on any atom is 0.417 e. The Balaban J connectivity index is 2.45. The highest BCUT2D eigenvalue weighted by molar-refractivity contribution is 7.89. The summed E-state index contributed by atoms with van der Waals surface area (Å²) in [7, 11) is -4.84. The smallest absolute Gasteiger partial charge is 0.274 e. The van der Waals surface area contributed by atoms with E-state index in [0.29, 0.717) is 12.1 Å². The van der Waals surface area contributed by atoms with Gasteiger partial charge in [0, 0.05) is 5.56 Å². The van der Waals surface area contributed by atoms with E-state index >= 15 is 0 Å². The molecule has 0 fully saturated rings. The summed E-state index contributed by atoms with van der Waals surface area (Å²) >= 11 is 17.1. The van der Waals surface area contributed by atoms with Crippen molar-refractivity contribution in [2.24, 2.45) is 0 Å². The van der Waals surface area contributed by atoms with Crippen molar-refractivity contribution in [1.29, 1.82) is 0 Å². The zero-order valence-electron chi connectivity index (χ0n) is 19.0. The molecule has 0 bridgehead atoms. The molecule has 1 amide bonds. The van der Waals surface area contributed by atoms with Crippen LogP contribution in [0.15, 0.2) is 36.4 Å². The number of carbonyl (C=O) groups is 1. The van der Waals surface area contributed by atoms with Crippen molar-refractivity contribution < 1.29 is 57.1 Å². The molecule has 0 saturated carbocycles. The lowest BCUT2D eigenvalue weighted by molar-refractivity contribution is -0.140. The quantitative estimate of drug-likeness (QED) is 0.171. The fraction of sp³-hybridized carbons (Fsp3) is 0.286. The molecule has 0 saturated heterocycles. The van der Waals surface area contributed by atoms with Crippen LogP contribution in [0.4, 0.5) is 43.9 Å². The predicted molar refractivity (Wildman–Crippen MR) is 126 cm³/mol. The van der Waals surface area contributed by atoms with Crippen LogP contribution in [-0.4, -0.2) is 32.4 Å². The molecule has 0 aliphatic rings. The van der Waals surface area contributed by atoms with Gasteiger partial charge in [-0.05, 0) is 35.9 Å². The van der Waals surface area contributed by atoms with Crippen molar-refractivity contribution in [1.82, 2.24) is 10.3 Å². The zero-order valence-corrected chi connectivity index (χ0v) is 22.1. The van der Waals surface area contributed by atoms with E-state index < -0.39 is 90.7 Å². The van der Waals surface area contributed by atoms with Crippen LogP contribution in [0.5, 0.6) is 0 Å². The first-order chi connectivity index (χ1) is 18.0. The molecule has 0 spiro atoms. The Bertz CT molecular complexity index is 1390. The number of allylic oxidation sites excluding steroid dienone is 1. The van der Waals surface area contributed by atoms with E-state index in [0.717, 1.165) is 12.1 Å². The predicted octanol–water partition coefficient (Wildman–Crippen LogP) is 7.84. The van der Waals surface area contributed by atoms with Gasteiger partial charge in [-0.2, -0.15) is 39.5 Å². The monoisotopic (exact) mass is 668 g/mol. The molecule has 0 aliphatic carbocycles. The highest BCUT2D eigenvalue weighted by atomic mass is 35.5. The fourth-order valence-electron chi connectivity index (χ4n) is 2.99. The van der Waals surface area contributed by atoms with Crippen LogP contribution in [-0.2, 0) is 16.2 Å². The first kappa shape index (κ1) is 33.9. The fourth-order valence-corrected chi connectivity index (χ4v) is 4.46. The van der Waals surface area contributed by atoms with Crippen molar-refractivity contribution >= 4 is 56.6 Å². The molecule has 2 rings (SSSR count). The molecular formula is C21H13Cl3F10N2O3S. The number of nitrogens with one attached hydrogen (secondary N) is 2. The van der Waals surface area contributed by atoms with Gasteiger partial charge in [-0.3, -0.25) is 10.2 Å². The summed E-state index contributed by atoms with van der Waals surface area (Å²) in [6.45, 7) is 0. The molecule has 0 aromatic heterocycles. The number of rotatable bonds is 8. The molecule has 2 aromatic rings. The molecule has 0 aliphatic heterocycles. The lowest BCUT2D eigenvalue weighted by Gasteiger charge is -2.19. The van der Waals surface area contributed by atoms with Crippen LogP contribution in [0.25, 0.3) is 5.83 Å². The first-order valence-corrected chi connectivity index (χ1v) is 13.0.